The molecule has 0 amide bonds. The van der Waals surface area contributed by atoms with Crippen LogP contribution in [0.2, 0.25) is 0 Å². The van der Waals surface area contributed by atoms with E-state index in [1.165, 1.54) is 5.57 Å². The van der Waals surface area contributed by atoms with Gasteiger partial charge in [-0.05, 0) is 38.5 Å². The molecule has 0 bridgehead atoms. The molecule has 0 saturated heterocycles. The summed E-state index contributed by atoms with van der Waals surface area (Å²) < 4.78 is 0. The number of allylic oxidation sites excluding steroid dienone is 7. The molecule has 0 aromatic heterocycles. The van der Waals surface area contributed by atoms with E-state index in [1.807, 2.05) is 57.1 Å². The predicted octanol–water partition coefficient (Wildman–Crippen LogP) is 4.49. The molecule has 0 atom stereocenters. The molecular weight excluding hydrogens is 232 g/mol. The SMILES string of the molecule is C=C(C)C(=C)/C=C(/C(=C)C#N)N(C)/C=C\C=C(C)C. The number of rotatable bonds is 6. The van der Waals surface area contributed by atoms with Gasteiger partial charge in [-0.1, -0.05) is 37.0 Å². The molecule has 0 saturated carbocycles. The van der Waals surface area contributed by atoms with Gasteiger partial charge in [0, 0.05) is 13.2 Å². The molecule has 2 heteroatoms. The van der Waals surface area contributed by atoms with Crippen LogP contribution in [0.1, 0.15) is 20.8 Å². The summed E-state index contributed by atoms with van der Waals surface area (Å²) in [6, 6.07) is 2.06. The molecule has 0 spiro atoms. The second-order valence-electron chi connectivity index (χ2n) is 4.62. The molecule has 0 aliphatic rings. The van der Waals surface area contributed by atoms with E-state index >= 15 is 0 Å². The van der Waals surface area contributed by atoms with Crippen LogP contribution in [0.25, 0.3) is 0 Å². The summed E-state index contributed by atoms with van der Waals surface area (Å²) in [5.41, 5.74) is 3.97. The molecule has 0 rings (SSSR count). The average Bonchev–Trinajstić information content (AvgIpc) is 2.33. The quantitative estimate of drug-likeness (QED) is 0.515. The third kappa shape index (κ3) is 6.28. The minimum Gasteiger partial charge on any atom is -0.350 e. The van der Waals surface area contributed by atoms with Crippen LogP contribution in [-0.2, 0) is 0 Å². The van der Waals surface area contributed by atoms with Crippen LogP contribution in [0.5, 0.6) is 0 Å². The first-order chi connectivity index (χ1) is 8.79. The Morgan fingerprint density at radius 3 is 2.16 bits per heavy atom. The van der Waals surface area contributed by atoms with Crippen molar-refractivity contribution in [2.45, 2.75) is 20.8 Å². The highest BCUT2D eigenvalue weighted by atomic mass is 15.1. The van der Waals surface area contributed by atoms with Crippen LogP contribution in [-0.4, -0.2) is 11.9 Å². The summed E-state index contributed by atoms with van der Waals surface area (Å²) in [7, 11) is 1.87. The molecule has 2 nitrogen and oxygen atoms in total. The molecule has 0 aliphatic heterocycles. The maximum absolute atomic E-state index is 9.01. The maximum Gasteiger partial charge on any atom is 0.101 e. The van der Waals surface area contributed by atoms with Gasteiger partial charge in [-0.25, -0.2) is 0 Å². The van der Waals surface area contributed by atoms with E-state index in [-0.39, 0.29) is 0 Å². The minimum absolute atomic E-state index is 0.395. The van der Waals surface area contributed by atoms with Gasteiger partial charge in [0.15, 0.2) is 0 Å². The van der Waals surface area contributed by atoms with Crippen molar-refractivity contribution in [3.8, 4) is 6.07 Å². The zero-order valence-corrected chi connectivity index (χ0v) is 12.3. The number of nitriles is 1. The van der Waals surface area contributed by atoms with Gasteiger partial charge in [0.1, 0.15) is 6.07 Å². The lowest BCUT2D eigenvalue weighted by molar-refractivity contribution is 0.583. The second-order valence-corrected chi connectivity index (χ2v) is 4.62. The normalized spacial score (nSPS) is 10.8. The first-order valence-corrected chi connectivity index (χ1v) is 6.00. The zero-order chi connectivity index (χ0) is 15.0. The summed E-state index contributed by atoms with van der Waals surface area (Å²) in [6.07, 6.45) is 7.63. The molecule has 100 valence electrons. The Balaban J connectivity index is 5.29. The molecule has 0 aromatic carbocycles. The zero-order valence-electron chi connectivity index (χ0n) is 12.3. The topological polar surface area (TPSA) is 27.0 Å². The molecule has 0 fully saturated rings. The highest BCUT2D eigenvalue weighted by molar-refractivity contribution is 5.46. The molecule has 0 aliphatic carbocycles. The lowest BCUT2D eigenvalue weighted by Gasteiger charge is -2.18. The standard InChI is InChI=1S/C17H22N2/c1-13(2)9-8-10-19(7)17(16(6)12-18)11-15(5)14(3)4/h8-11H,3,5-6H2,1-2,4,7H3/b10-8-,17-11-. The van der Waals surface area contributed by atoms with E-state index in [9.17, 15) is 0 Å². The van der Waals surface area contributed by atoms with Crippen molar-refractivity contribution >= 4 is 0 Å². The summed E-state index contributed by atoms with van der Waals surface area (Å²) in [5.74, 6) is 0. The van der Waals surface area contributed by atoms with Crippen LogP contribution in [0.4, 0.5) is 0 Å². The fourth-order valence-corrected chi connectivity index (χ4v) is 1.19. The van der Waals surface area contributed by atoms with Gasteiger partial charge in [0.25, 0.3) is 0 Å². The van der Waals surface area contributed by atoms with E-state index < -0.39 is 0 Å². The Hall–Kier alpha value is -2.27. The fraction of sp³-hybridized carbons (Fsp3) is 0.235. The molecule has 0 heterocycles. The van der Waals surface area contributed by atoms with Crippen molar-refractivity contribution < 1.29 is 0 Å². The average molecular weight is 254 g/mol. The van der Waals surface area contributed by atoms with E-state index in [2.05, 4.69) is 25.8 Å². The largest absolute Gasteiger partial charge is 0.350 e. The smallest absolute Gasteiger partial charge is 0.101 e. The predicted molar refractivity (Wildman–Crippen MR) is 83.1 cm³/mol. The Morgan fingerprint density at radius 1 is 1.16 bits per heavy atom. The molecule has 0 unspecified atom stereocenters. The van der Waals surface area contributed by atoms with Gasteiger partial charge in [-0.2, -0.15) is 5.26 Å². The summed E-state index contributed by atoms with van der Waals surface area (Å²) >= 11 is 0. The van der Waals surface area contributed by atoms with Crippen LogP contribution >= 0.6 is 0 Å². The monoisotopic (exact) mass is 254 g/mol. The summed E-state index contributed by atoms with van der Waals surface area (Å²) in [5, 5.41) is 9.01. The van der Waals surface area contributed by atoms with Gasteiger partial charge in [0.05, 0.1) is 11.3 Å². The first kappa shape index (κ1) is 16.7. The lowest BCUT2D eigenvalue weighted by Crippen LogP contribution is -2.11. The van der Waals surface area contributed by atoms with Gasteiger partial charge >= 0.3 is 0 Å². The van der Waals surface area contributed by atoms with E-state index in [0.717, 1.165) is 11.1 Å². The Labute approximate surface area is 117 Å². The van der Waals surface area contributed by atoms with Crippen LogP contribution in [0.15, 0.2) is 72.2 Å². The Bertz CT molecular complexity index is 504. The Morgan fingerprint density at radius 2 is 1.74 bits per heavy atom. The fourth-order valence-electron chi connectivity index (χ4n) is 1.19. The molecule has 0 radical (unpaired) electrons. The van der Waals surface area contributed by atoms with E-state index in [1.54, 1.807) is 0 Å². The van der Waals surface area contributed by atoms with Crippen molar-refractivity contribution in [3.05, 3.63) is 72.2 Å². The minimum atomic E-state index is 0.395. The summed E-state index contributed by atoms with van der Waals surface area (Å²) in [6.45, 7) is 17.4. The van der Waals surface area contributed by atoms with Crippen LogP contribution < -0.4 is 0 Å². The van der Waals surface area contributed by atoms with Crippen LogP contribution in [0, 0.1) is 11.3 Å². The van der Waals surface area contributed by atoms with E-state index in [4.69, 9.17) is 5.26 Å². The van der Waals surface area contributed by atoms with Crippen LogP contribution in [0.3, 0.4) is 0 Å². The highest BCUT2D eigenvalue weighted by Crippen LogP contribution is 2.17. The van der Waals surface area contributed by atoms with Gasteiger partial charge in [-0.3, -0.25) is 0 Å². The van der Waals surface area contributed by atoms with Crippen molar-refractivity contribution in [1.82, 2.24) is 4.90 Å². The Kier molecular flexibility index (Phi) is 6.99. The summed E-state index contributed by atoms with van der Waals surface area (Å²) in [4.78, 5) is 1.85. The van der Waals surface area contributed by atoms with Crippen molar-refractivity contribution in [2.24, 2.45) is 0 Å². The highest BCUT2D eigenvalue weighted by Gasteiger charge is 2.06. The number of hydrogen-bond acceptors (Lipinski definition) is 2. The maximum atomic E-state index is 9.01. The van der Waals surface area contributed by atoms with Gasteiger partial charge in [-0.15, -0.1) is 0 Å². The third-order valence-corrected chi connectivity index (χ3v) is 2.42. The van der Waals surface area contributed by atoms with Gasteiger partial charge < -0.3 is 4.90 Å². The molecule has 0 aromatic rings. The number of hydrogen-bond donors (Lipinski definition) is 0. The number of nitrogens with zero attached hydrogens (tertiary/aromatic N) is 2. The van der Waals surface area contributed by atoms with Gasteiger partial charge in [0.2, 0.25) is 0 Å². The molecule has 0 N–H and O–H groups in total. The van der Waals surface area contributed by atoms with Crippen molar-refractivity contribution in [2.75, 3.05) is 7.05 Å². The lowest BCUT2D eigenvalue weighted by atomic mass is 10.1. The van der Waals surface area contributed by atoms with E-state index in [0.29, 0.717) is 11.3 Å². The molecule has 19 heavy (non-hydrogen) atoms. The molecular formula is C17H22N2. The third-order valence-electron chi connectivity index (χ3n) is 2.42. The first-order valence-electron chi connectivity index (χ1n) is 6.00. The number of likely N-dealkylation sites (N-methyl/N-ethyl adjacent to an activating group) is 1. The second kappa shape index (κ2) is 7.94. The van der Waals surface area contributed by atoms with Crippen molar-refractivity contribution in [3.63, 3.8) is 0 Å². The van der Waals surface area contributed by atoms with Crippen molar-refractivity contribution in [1.29, 1.82) is 5.26 Å².